The van der Waals surface area contributed by atoms with Crippen molar-refractivity contribution in [1.82, 2.24) is 0 Å². The second kappa shape index (κ2) is 4.86. The van der Waals surface area contributed by atoms with E-state index in [9.17, 15) is 26.3 Å². The molecule has 0 saturated carbocycles. The van der Waals surface area contributed by atoms with Crippen LogP contribution >= 0.6 is 0 Å². The Morgan fingerprint density at radius 1 is 0.944 bits per heavy atom. The third kappa shape index (κ3) is 3.43. The summed E-state index contributed by atoms with van der Waals surface area (Å²) in [6.45, 7) is 1.71. The van der Waals surface area contributed by atoms with Gasteiger partial charge in [-0.3, -0.25) is 0 Å². The maximum atomic E-state index is 12.5. The van der Waals surface area contributed by atoms with E-state index >= 15 is 0 Å². The molecule has 0 unspecified atom stereocenters. The summed E-state index contributed by atoms with van der Waals surface area (Å²) in [5.74, 6) is -0.353. The third-order valence-corrected chi connectivity index (χ3v) is 2.79. The molecule has 0 aromatic heterocycles. The highest BCUT2D eigenvalue weighted by atomic mass is 19.4. The smallest absolute Gasteiger partial charge is 0.166 e. The Labute approximate surface area is 101 Å². The van der Waals surface area contributed by atoms with Crippen molar-refractivity contribution in [2.75, 3.05) is 0 Å². The van der Waals surface area contributed by atoms with Gasteiger partial charge in [0.05, 0.1) is 11.1 Å². The zero-order valence-electron chi connectivity index (χ0n) is 9.78. The highest BCUT2D eigenvalue weighted by Crippen LogP contribution is 2.37. The largest absolute Gasteiger partial charge is 0.416 e. The molecule has 0 amide bonds. The minimum Gasteiger partial charge on any atom is -0.166 e. The van der Waals surface area contributed by atoms with E-state index in [0.29, 0.717) is 6.42 Å². The van der Waals surface area contributed by atoms with E-state index in [4.69, 9.17) is 0 Å². The molecule has 18 heavy (non-hydrogen) atoms. The predicted molar refractivity (Wildman–Crippen MR) is 58.0 cm³/mol. The van der Waals surface area contributed by atoms with E-state index in [1.807, 2.05) is 0 Å². The Morgan fingerprint density at radius 2 is 1.33 bits per heavy atom. The van der Waals surface area contributed by atoms with Gasteiger partial charge in [0.15, 0.2) is 0 Å². The molecule has 0 bridgehead atoms. The molecule has 0 radical (unpaired) electrons. The summed E-state index contributed by atoms with van der Waals surface area (Å²) in [7, 11) is 1.59. The first-order valence-electron chi connectivity index (χ1n) is 5.35. The lowest BCUT2D eigenvalue weighted by molar-refractivity contribution is -0.143. The molecular weight excluding hydrogens is 257 g/mol. The van der Waals surface area contributed by atoms with E-state index in [1.54, 1.807) is 14.8 Å². The van der Waals surface area contributed by atoms with Crippen molar-refractivity contribution in [2.45, 2.75) is 31.5 Å². The lowest BCUT2D eigenvalue weighted by Gasteiger charge is -2.17. The second-order valence-corrected chi connectivity index (χ2v) is 4.15. The predicted octanol–water partition coefficient (Wildman–Crippen LogP) is 3.81. The minimum absolute atomic E-state index is 0.0552. The number of halogens is 6. The highest BCUT2D eigenvalue weighted by Gasteiger charge is 2.37. The van der Waals surface area contributed by atoms with Gasteiger partial charge in [0.1, 0.15) is 7.85 Å². The van der Waals surface area contributed by atoms with Gasteiger partial charge in [0.25, 0.3) is 0 Å². The highest BCUT2D eigenvalue weighted by molar-refractivity contribution is 6.12. The minimum atomic E-state index is -4.77. The van der Waals surface area contributed by atoms with Crippen LogP contribution in [0.25, 0.3) is 0 Å². The first-order valence-corrected chi connectivity index (χ1v) is 5.35. The molecule has 1 atom stereocenters. The van der Waals surface area contributed by atoms with E-state index < -0.39 is 23.5 Å². The summed E-state index contributed by atoms with van der Waals surface area (Å²) in [5.41, 5.74) is -2.46. The summed E-state index contributed by atoms with van der Waals surface area (Å²) in [5, 5.41) is 0. The Kier molecular flexibility index (Phi) is 4.03. The standard InChI is InChI=1S/C11H11BF6/c1-2-9(12)6-3-7(10(13,14)15)5-8(4-6)11(16,17)18/h3-5,9H,2,12H2,1H3/t9-/m1/s1. The fourth-order valence-electron chi connectivity index (χ4n) is 1.50. The average Bonchev–Trinajstić information content (AvgIpc) is 2.25. The molecule has 1 aromatic carbocycles. The molecule has 0 saturated heterocycles. The van der Waals surface area contributed by atoms with Crippen LogP contribution in [0.5, 0.6) is 0 Å². The van der Waals surface area contributed by atoms with E-state index in [-0.39, 0.29) is 17.4 Å². The number of hydrogen-bond donors (Lipinski definition) is 0. The number of rotatable bonds is 2. The summed E-state index contributed by atoms with van der Waals surface area (Å²) < 4.78 is 75.2. The maximum absolute atomic E-state index is 12.5. The van der Waals surface area contributed by atoms with Gasteiger partial charge in [0.2, 0.25) is 0 Å². The zero-order chi connectivity index (χ0) is 14.1. The maximum Gasteiger partial charge on any atom is 0.416 e. The number of hydrogen-bond acceptors (Lipinski definition) is 0. The van der Waals surface area contributed by atoms with E-state index in [0.717, 1.165) is 12.1 Å². The van der Waals surface area contributed by atoms with Crippen LogP contribution in [0.1, 0.15) is 35.9 Å². The molecule has 1 aromatic rings. The average molecular weight is 268 g/mol. The second-order valence-electron chi connectivity index (χ2n) is 4.15. The van der Waals surface area contributed by atoms with Crippen molar-refractivity contribution >= 4 is 7.85 Å². The van der Waals surface area contributed by atoms with Gasteiger partial charge in [-0.15, -0.1) is 0 Å². The topological polar surface area (TPSA) is 0 Å². The third-order valence-electron chi connectivity index (χ3n) is 2.79. The molecule has 100 valence electrons. The monoisotopic (exact) mass is 268 g/mol. The summed E-state index contributed by atoms with van der Waals surface area (Å²) in [6.07, 6.45) is -9.08. The number of benzene rings is 1. The Morgan fingerprint density at radius 3 is 1.61 bits per heavy atom. The summed E-state index contributed by atoms with van der Waals surface area (Å²) >= 11 is 0. The van der Waals surface area contributed by atoms with Gasteiger partial charge in [-0.25, -0.2) is 0 Å². The van der Waals surface area contributed by atoms with Gasteiger partial charge in [-0.05, 0) is 24.0 Å². The molecular formula is C11H11BF6. The van der Waals surface area contributed by atoms with Crippen molar-refractivity contribution in [1.29, 1.82) is 0 Å². The molecule has 1 rings (SSSR count). The van der Waals surface area contributed by atoms with Crippen LogP contribution in [0.4, 0.5) is 26.3 Å². The Hall–Kier alpha value is -1.14. The van der Waals surface area contributed by atoms with Gasteiger partial charge in [0, 0.05) is 0 Å². The van der Waals surface area contributed by atoms with E-state index in [1.165, 1.54) is 0 Å². The first-order chi connectivity index (χ1) is 8.05. The first kappa shape index (κ1) is 14.9. The quantitative estimate of drug-likeness (QED) is 0.565. The van der Waals surface area contributed by atoms with Crippen LogP contribution in [0.15, 0.2) is 18.2 Å². The zero-order valence-corrected chi connectivity index (χ0v) is 9.78. The molecule has 0 N–H and O–H groups in total. The molecule has 0 spiro atoms. The van der Waals surface area contributed by atoms with Crippen molar-refractivity contribution in [3.8, 4) is 0 Å². The fraction of sp³-hybridized carbons (Fsp3) is 0.455. The Balaban J connectivity index is 3.39. The lowest BCUT2D eigenvalue weighted by Crippen LogP contribution is -2.13. The molecule has 0 aliphatic heterocycles. The molecule has 0 heterocycles. The molecule has 0 fully saturated rings. The molecule has 0 aliphatic carbocycles. The van der Waals surface area contributed by atoms with Gasteiger partial charge in [-0.1, -0.05) is 18.9 Å². The van der Waals surface area contributed by atoms with Crippen LogP contribution in [0, 0.1) is 0 Å². The van der Waals surface area contributed by atoms with Gasteiger partial charge >= 0.3 is 12.4 Å². The normalized spacial score (nSPS) is 14.6. The fourth-order valence-corrected chi connectivity index (χ4v) is 1.50. The van der Waals surface area contributed by atoms with Crippen molar-refractivity contribution < 1.29 is 26.3 Å². The van der Waals surface area contributed by atoms with Crippen LogP contribution in [-0.2, 0) is 12.4 Å². The van der Waals surface area contributed by atoms with Gasteiger partial charge in [-0.2, -0.15) is 26.3 Å². The van der Waals surface area contributed by atoms with E-state index in [2.05, 4.69) is 0 Å². The van der Waals surface area contributed by atoms with Crippen LogP contribution < -0.4 is 0 Å². The lowest BCUT2D eigenvalue weighted by atomic mass is 9.78. The summed E-state index contributed by atoms with van der Waals surface area (Å²) in [6, 6.07) is 1.71. The van der Waals surface area contributed by atoms with Gasteiger partial charge < -0.3 is 0 Å². The Bertz CT molecular complexity index is 388. The summed E-state index contributed by atoms with van der Waals surface area (Å²) in [4.78, 5) is 0. The van der Waals surface area contributed by atoms with Crippen LogP contribution in [0.3, 0.4) is 0 Å². The van der Waals surface area contributed by atoms with Crippen molar-refractivity contribution in [3.05, 3.63) is 34.9 Å². The van der Waals surface area contributed by atoms with Crippen molar-refractivity contribution in [3.63, 3.8) is 0 Å². The molecule has 0 nitrogen and oxygen atoms in total. The van der Waals surface area contributed by atoms with Crippen LogP contribution in [-0.4, -0.2) is 7.85 Å². The molecule has 7 heteroatoms. The van der Waals surface area contributed by atoms with Crippen LogP contribution in [0.2, 0.25) is 0 Å². The number of alkyl halides is 6. The SMILES string of the molecule is B[C@H](CC)c1cc(C(F)(F)F)cc(C(F)(F)F)c1. The molecule has 0 aliphatic rings. The van der Waals surface area contributed by atoms with Crippen molar-refractivity contribution in [2.24, 2.45) is 0 Å².